The zero-order valence-corrected chi connectivity index (χ0v) is 16.1. The van der Waals surface area contributed by atoms with Crippen LogP contribution < -0.4 is 4.74 Å². The Morgan fingerprint density at radius 3 is 2.46 bits per heavy atom. The van der Waals surface area contributed by atoms with Crippen LogP contribution in [0.1, 0.15) is 36.5 Å². The molecule has 1 aliphatic rings. The second-order valence-electron chi connectivity index (χ2n) is 7.42. The maximum atomic E-state index is 12.8. The first kappa shape index (κ1) is 18.5. The molecule has 3 rings (SSSR count). The molecular formula is C23H29NO2. The molecule has 1 saturated heterocycles. The Morgan fingerprint density at radius 1 is 1.08 bits per heavy atom. The van der Waals surface area contributed by atoms with E-state index in [1.165, 1.54) is 11.1 Å². The van der Waals surface area contributed by atoms with Gasteiger partial charge < -0.3 is 9.64 Å². The largest absolute Gasteiger partial charge is 0.481 e. The molecule has 1 atom stereocenters. The molecule has 1 heterocycles. The van der Waals surface area contributed by atoms with E-state index in [0.717, 1.165) is 43.7 Å². The Morgan fingerprint density at radius 2 is 1.77 bits per heavy atom. The molecule has 0 bridgehead atoms. The second-order valence-corrected chi connectivity index (χ2v) is 7.42. The number of likely N-dealkylation sites (tertiary alicyclic amines) is 1. The maximum Gasteiger partial charge on any atom is 0.263 e. The van der Waals surface area contributed by atoms with Crippen LogP contribution in [0.5, 0.6) is 5.75 Å². The van der Waals surface area contributed by atoms with E-state index in [1.54, 1.807) is 0 Å². The van der Waals surface area contributed by atoms with Gasteiger partial charge in [-0.25, -0.2) is 0 Å². The third-order valence-electron chi connectivity index (χ3n) is 5.50. The molecule has 1 amide bonds. The summed E-state index contributed by atoms with van der Waals surface area (Å²) in [6, 6.07) is 16.6. The number of hydrogen-bond donors (Lipinski definition) is 0. The Bertz CT molecular complexity index is 733. The number of amides is 1. The Balaban J connectivity index is 1.52. The number of benzene rings is 2. The number of hydrogen-bond acceptors (Lipinski definition) is 2. The van der Waals surface area contributed by atoms with E-state index < -0.39 is 6.10 Å². The van der Waals surface area contributed by atoms with Gasteiger partial charge in [0.2, 0.25) is 0 Å². The summed E-state index contributed by atoms with van der Waals surface area (Å²) < 4.78 is 5.97. The van der Waals surface area contributed by atoms with Crippen molar-refractivity contribution in [1.82, 2.24) is 4.90 Å². The number of piperidine rings is 1. The van der Waals surface area contributed by atoms with Gasteiger partial charge in [0.15, 0.2) is 6.10 Å². The van der Waals surface area contributed by atoms with Crippen LogP contribution in [0.4, 0.5) is 0 Å². The lowest BCUT2D eigenvalue weighted by Crippen LogP contribution is -2.45. The minimum atomic E-state index is -0.443. The molecule has 0 N–H and O–H groups in total. The molecule has 0 spiro atoms. The summed E-state index contributed by atoms with van der Waals surface area (Å²) in [5.41, 5.74) is 3.68. The number of rotatable bonds is 5. The van der Waals surface area contributed by atoms with Crippen LogP contribution in [-0.2, 0) is 11.2 Å². The van der Waals surface area contributed by atoms with Crippen molar-refractivity contribution in [3.63, 3.8) is 0 Å². The Hall–Kier alpha value is -2.29. The molecule has 3 nitrogen and oxygen atoms in total. The fourth-order valence-electron chi connectivity index (χ4n) is 3.65. The van der Waals surface area contributed by atoms with Crippen LogP contribution in [0.3, 0.4) is 0 Å². The molecule has 1 aliphatic heterocycles. The summed E-state index contributed by atoms with van der Waals surface area (Å²) in [4.78, 5) is 14.7. The van der Waals surface area contributed by atoms with E-state index in [2.05, 4.69) is 43.3 Å². The molecule has 0 radical (unpaired) electrons. The van der Waals surface area contributed by atoms with Gasteiger partial charge >= 0.3 is 0 Å². The predicted octanol–water partition coefficient (Wildman–Crippen LogP) is 4.55. The number of carbonyl (C=O) groups excluding carboxylic acids is 1. The number of carbonyl (C=O) groups is 1. The Labute approximate surface area is 157 Å². The molecule has 0 aliphatic carbocycles. The number of ether oxygens (including phenoxy) is 1. The van der Waals surface area contributed by atoms with Gasteiger partial charge in [-0.05, 0) is 68.7 Å². The molecule has 2 aromatic carbocycles. The maximum absolute atomic E-state index is 12.8. The van der Waals surface area contributed by atoms with Crippen molar-refractivity contribution in [3.8, 4) is 5.75 Å². The van der Waals surface area contributed by atoms with Crippen molar-refractivity contribution in [3.05, 3.63) is 65.2 Å². The van der Waals surface area contributed by atoms with Crippen LogP contribution in [0.25, 0.3) is 0 Å². The molecule has 138 valence electrons. The minimum absolute atomic E-state index is 0.101. The predicted molar refractivity (Wildman–Crippen MR) is 105 cm³/mol. The topological polar surface area (TPSA) is 29.5 Å². The van der Waals surface area contributed by atoms with Crippen LogP contribution in [0.2, 0.25) is 0 Å². The molecule has 3 heteroatoms. The monoisotopic (exact) mass is 351 g/mol. The van der Waals surface area contributed by atoms with Crippen molar-refractivity contribution >= 4 is 5.91 Å². The SMILES string of the molecule is Cc1cccc(OC(C)C(=O)N2CCC(Cc3ccccc3)CC2)c1C. The summed E-state index contributed by atoms with van der Waals surface area (Å²) >= 11 is 0. The van der Waals surface area contributed by atoms with Crippen molar-refractivity contribution in [1.29, 1.82) is 0 Å². The zero-order valence-electron chi connectivity index (χ0n) is 16.1. The van der Waals surface area contributed by atoms with E-state index in [4.69, 9.17) is 4.74 Å². The van der Waals surface area contributed by atoms with Gasteiger partial charge in [0, 0.05) is 13.1 Å². The number of nitrogens with zero attached hydrogens (tertiary/aromatic N) is 1. The average molecular weight is 351 g/mol. The van der Waals surface area contributed by atoms with E-state index in [9.17, 15) is 4.79 Å². The van der Waals surface area contributed by atoms with E-state index in [-0.39, 0.29) is 5.91 Å². The van der Waals surface area contributed by atoms with Gasteiger partial charge in [-0.15, -0.1) is 0 Å². The first-order valence-corrected chi connectivity index (χ1v) is 9.60. The van der Waals surface area contributed by atoms with Crippen LogP contribution in [0.15, 0.2) is 48.5 Å². The summed E-state index contributed by atoms with van der Waals surface area (Å²) in [6.07, 6.45) is 2.80. The highest BCUT2D eigenvalue weighted by atomic mass is 16.5. The normalized spacial score (nSPS) is 16.3. The minimum Gasteiger partial charge on any atom is -0.481 e. The van der Waals surface area contributed by atoms with E-state index in [1.807, 2.05) is 30.9 Å². The van der Waals surface area contributed by atoms with Gasteiger partial charge in [-0.3, -0.25) is 4.79 Å². The van der Waals surface area contributed by atoms with Crippen molar-refractivity contribution in [2.45, 2.75) is 46.1 Å². The van der Waals surface area contributed by atoms with Crippen LogP contribution >= 0.6 is 0 Å². The van der Waals surface area contributed by atoms with Gasteiger partial charge in [0.1, 0.15) is 5.75 Å². The lowest BCUT2D eigenvalue weighted by atomic mass is 9.90. The number of aryl methyl sites for hydroxylation is 1. The smallest absolute Gasteiger partial charge is 0.263 e. The van der Waals surface area contributed by atoms with Gasteiger partial charge in [0.25, 0.3) is 5.91 Å². The summed E-state index contributed by atoms with van der Waals surface area (Å²) in [5.74, 6) is 1.57. The molecule has 26 heavy (non-hydrogen) atoms. The Kier molecular flexibility index (Phi) is 5.97. The molecule has 1 fully saturated rings. The van der Waals surface area contributed by atoms with Gasteiger partial charge in [-0.2, -0.15) is 0 Å². The van der Waals surface area contributed by atoms with Crippen LogP contribution in [-0.4, -0.2) is 30.0 Å². The molecule has 0 aromatic heterocycles. The van der Waals surface area contributed by atoms with Crippen molar-refractivity contribution in [2.24, 2.45) is 5.92 Å². The average Bonchev–Trinajstić information content (AvgIpc) is 2.66. The van der Waals surface area contributed by atoms with Gasteiger partial charge in [0.05, 0.1) is 0 Å². The lowest BCUT2D eigenvalue weighted by molar-refractivity contribution is -0.139. The van der Waals surface area contributed by atoms with Crippen LogP contribution in [0, 0.1) is 19.8 Å². The highest BCUT2D eigenvalue weighted by molar-refractivity contribution is 5.81. The summed E-state index contributed by atoms with van der Waals surface area (Å²) in [5, 5.41) is 0. The first-order chi connectivity index (χ1) is 12.5. The lowest BCUT2D eigenvalue weighted by Gasteiger charge is -2.33. The summed E-state index contributed by atoms with van der Waals surface area (Å²) in [6.45, 7) is 7.62. The standard InChI is InChI=1S/C23H29NO2/c1-17-8-7-11-22(18(17)2)26-19(3)23(25)24-14-12-21(13-15-24)16-20-9-5-4-6-10-20/h4-11,19,21H,12-16H2,1-3H3. The van der Waals surface area contributed by atoms with Crippen molar-refractivity contribution in [2.75, 3.05) is 13.1 Å². The van der Waals surface area contributed by atoms with Crippen molar-refractivity contribution < 1.29 is 9.53 Å². The second kappa shape index (κ2) is 8.39. The highest BCUT2D eigenvalue weighted by Gasteiger charge is 2.27. The zero-order chi connectivity index (χ0) is 18.5. The van der Waals surface area contributed by atoms with E-state index in [0.29, 0.717) is 5.92 Å². The fourth-order valence-corrected chi connectivity index (χ4v) is 3.65. The van der Waals surface area contributed by atoms with Gasteiger partial charge in [-0.1, -0.05) is 42.5 Å². The summed E-state index contributed by atoms with van der Waals surface area (Å²) in [7, 11) is 0. The van der Waals surface area contributed by atoms with E-state index >= 15 is 0 Å². The first-order valence-electron chi connectivity index (χ1n) is 9.60. The quantitative estimate of drug-likeness (QED) is 0.791. The molecule has 1 unspecified atom stereocenters. The highest BCUT2D eigenvalue weighted by Crippen LogP contribution is 2.24. The molecule has 0 saturated carbocycles. The molecule has 2 aromatic rings. The third-order valence-corrected chi connectivity index (χ3v) is 5.50. The molecular weight excluding hydrogens is 322 g/mol. The third kappa shape index (κ3) is 4.46. The fraction of sp³-hybridized carbons (Fsp3) is 0.435.